The van der Waals surface area contributed by atoms with Crippen LogP contribution in [0.5, 0.6) is 0 Å². The molecule has 4 nitrogen and oxygen atoms in total. The van der Waals surface area contributed by atoms with E-state index in [0.29, 0.717) is 12.2 Å². The van der Waals surface area contributed by atoms with Gasteiger partial charge in [-0.25, -0.2) is 4.98 Å². The van der Waals surface area contributed by atoms with E-state index in [1.807, 2.05) is 48.5 Å². The van der Waals surface area contributed by atoms with Gasteiger partial charge in [0.05, 0.1) is 11.2 Å². The summed E-state index contributed by atoms with van der Waals surface area (Å²) in [6.45, 7) is 2.80. The Morgan fingerprint density at radius 3 is 2.69 bits per heavy atom. The molecule has 0 saturated heterocycles. The Morgan fingerprint density at radius 2 is 1.93 bits per heavy atom. The quantitative estimate of drug-likeness (QED) is 0.470. The van der Waals surface area contributed by atoms with Crippen LogP contribution in [0.4, 0.5) is 0 Å². The van der Waals surface area contributed by atoms with Gasteiger partial charge in [0.15, 0.2) is 0 Å². The number of nitriles is 1. The van der Waals surface area contributed by atoms with Crippen molar-refractivity contribution in [3.63, 3.8) is 0 Å². The van der Waals surface area contributed by atoms with E-state index in [0.717, 1.165) is 38.3 Å². The maximum atomic E-state index is 9.02. The van der Waals surface area contributed by atoms with Crippen LogP contribution in [0.25, 0.3) is 22.0 Å². The number of hydrogen-bond donors (Lipinski definition) is 1. The summed E-state index contributed by atoms with van der Waals surface area (Å²) in [5.74, 6) is 0. The smallest absolute Gasteiger partial charge is 0.140 e. The number of hydrogen-bond acceptors (Lipinski definition) is 4. The minimum atomic E-state index is 0.0451. The van der Waals surface area contributed by atoms with Crippen molar-refractivity contribution < 1.29 is 0 Å². The van der Waals surface area contributed by atoms with Crippen molar-refractivity contribution in [1.82, 2.24) is 15.3 Å². The van der Waals surface area contributed by atoms with Gasteiger partial charge in [-0.05, 0) is 54.4 Å². The molecule has 0 amide bonds. The van der Waals surface area contributed by atoms with Gasteiger partial charge in [0.1, 0.15) is 11.8 Å². The average molecular weight is 399 g/mol. The molecule has 142 valence electrons. The van der Waals surface area contributed by atoms with Crippen LogP contribution in [0.15, 0.2) is 72.9 Å². The first kappa shape index (κ1) is 19.1. The maximum Gasteiger partial charge on any atom is 0.140 e. The van der Waals surface area contributed by atoms with E-state index in [4.69, 9.17) is 21.8 Å². The highest BCUT2D eigenvalue weighted by atomic mass is 35.5. The number of aromatic nitrogens is 2. The lowest BCUT2D eigenvalue weighted by atomic mass is 9.99. The molecule has 29 heavy (non-hydrogen) atoms. The summed E-state index contributed by atoms with van der Waals surface area (Å²) >= 11 is 6.09. The number of rotatable bonds is 5. The largest absolute Gasteiger partial charge is 0.305 e. The fraction of sp³-hybridized carbons (Fsp3) is 0.125. The Morgan fingerprint density at radius 1 is 1.07 bits per heavy atom. The molecule has 0 fully saturated rings. The average Bonchev–Trinajstić information content (AvgIpc) is 2.77. The zero-order valence-electron chi connectivity index (χ0n) is 15.9. The molecule has 5 heteroatoms. The predicted octanol–water partition coefficient (Wildman–Crippen LogP) is 5.67. The first-order valence-corrected chi connectivity index (χ1v) is 9.76. The van der Waals surface area contributed by atoms with E-state index in [1.165, 1.54) is 0 Å². The molecule has 0 saturated carbocycles. The van der Waals surface area contributed by atoms with Crippen molar-refractivity contribution in [2.24, 2.45) is 0 Å². The van der Waals surface area contributed by atoms with Gasteiger partial charge < -0.3 is 5.32 Å². The van der Waals surface area contributed by atoms with Crippen LogP contribution in [-0.2, 0) is 6.54 Å². The van der Waals surface area contributed by atoms with Gasteiger partial charge in [0.25, 0.3) is 0 Å². The highest BCUT2D eigenvalue weighted by Gasteiger charge is 2.13. The van der Waals surface area contributed by atoms with Crippen LogP contribution >= 0.6 is 11.6 Å². The van der Waals surface area contributed by atoms with E-state index in [1.54, 1.807) is 12.3 Å². The molecule has 4 rings (SSSR count). The molecule has 1 atom stereocenters. The minimum Gasteiger partial charge on any atom is -0.305 e. The Hall–Kier alpha value is -3.26. The van der Waals surface area contributed by atoms with E-state index in [9.17, 15) is 0 Å². The van der Waals surface area contributed by atoms with Gasteiger partial charge in [-0.2, -0.15) is 5.26 Å². The number of nitrogens with one attached hydrogen (secondary N) is 1. The highest BCUT2D eigenvalue weighted by molar-refractivity contribution is 6.30. The highest BCUT2D eigenvalue weighted by Crippen LogP contribution is 2.30. The number of nitrogens with zero attached hydrogens (tertiary/aromatic N) is 3. The molecule has 0 bridgehead atoms. The summed E-state index contributed by atoms with van der Waals surface area (Å²) in [5, 5.41) is 14.3. The SMILES string of the molecule is CC(NCc1cccc(Cl)c1)c1cc(-c2ccc(C#N)nc2)c2ccccc2n1. The molecule has 4 aromatic rings. The molecule has 1 N–H and O–H groups in total. The van der Waals surface area contributed by atoms with Gasteiger partial charge in [0.2, 0.25) is 0 Å². The Balaban J connectivity index is 1.68. The van der Waals surface area contributed by atoms with Crippen LogP contribution in [0.2, 0.25) is 5.02 Å². The molecule has 2 heterocycles. The summed E-state index contributed by atoms with van der Waals surface area (Å²) in [5.41, 5.74) is 5.43. The van der Waals surface area contributed by atoms with Crippen molar-refractivity contribution >= 4 is 22.5 Å². The summed E-state index contributed by atoms with van der Waals surface area (Å²) in [6.07, 6.45) is 1.74. The second-order valence-corrected chi connectivity index (χ2v) is 7.32. The fourth-order valence-corrected chi connectivity index (χ4v) is 3.51. The van der Waals surface area contributed by atoms with Crippen molar-refractivity contribution in [1.29, 1.82) is 5.26 Å². The van der Waals surface area contributed by atoms with Crippen LogP contribution < -0.4 is 5.32 Å². The maximum absolute atomic E-state index is 9.02. The van der Waals surface area contributed by atoms with E-state index in [2.05, 4.69) is 35.4 Å². The van der Waals surface area contributed by atoms with Crippen LogP contribution in [0.3, 0.4) is 0 Å². The molecule has 0 aliphatic rings. The molecular formula is C24H19ClN4. The molecule has 2 aromatic heterocycles. The molecule has 0 aliphatic heterocycles. The lowest BCUT2D eigenvalue weighted by molar-refractivity contribution is 0.563. The topological polar surface area (TPSA) is 61.6 Å². The standard InChI is InChI=1S/C24H19ClN4/c1-16(27-14-17-5-4-6-19(25)11-17)24-12-22(18-9-10-20(13-26)28-15-18)21-7-2-3-8-23(21)29-24/h2-12,15-16,27H,14H2,1H3. The molecule has 1 unspecified atom stereocenters. The normalized spacial score (nSPS) is 11.9. The van der Waals surface area contributed by atoms with Crippen LogP contribution in [0.1, 0.15) is 29.9 Å². The first-order chi connectivity index (χ1) is 14.1. The molecule has 2 aromatic carbocycles. The van der Waals surface area contributed by atoms with Gasteiger partial charge >= 0.3 is 0 Å². The van der Waals surface area contributed by atoms with Crippen LogP contribution in [0, 0.1) is 11.3 Å². The van der Waals surface area contributed by atoms with Crippen molar-refractivity contribution in [2.75, 3.05) is 0 Å². The third-order valence-corrected chi connectivity index (χ3v) is 5.11. The second-order valence-electron chi connectivity index (χ2n) is 6.89. The Bertz CT molecular complexity index is 1200. The summed E-state index contributed by atoms with van der Waals surface area (Å²) < 4.78 is 0. The third-order valence-electron chi connectivity index (χ3n) is 4.87. The summed E-state index contributed by atoms with van der Waals surface area (Å²) in [7, 11) is 0. The van der Waals surface area contributed by atoms with Crippen molar-refractivity contribution in [3.8, 4) is 17.2 Å². The monoisotopic (exact) mass is 398 g/mol. The lowest BCUT2D eigenvalue weighted by Crippen LogP contribution is -2.19. The number of para-hydroxylation sites is 1. The van der Waals surface area contributed by atoms with Gasteiger partial charge in [-0.15, -0.1) is 0 Å². The van der Waals surface area contributed by atoms with Crippen molar-refractivity contribution in [2.45, 2.75) is 19.5 Å². The van der Waals surface area contributed by atoms with Crippen molar-refractivity contribution in [3.05, 3.63) is 94.9 Å². The lowest BCUT2D eigenvalue weighted by Gasteiger charge is -2.16. The van der Waals surface area contributed by atoms with E-state index >= 15 is 0 Å². The van der Waals surface area contributed by atoms with Gasteiger partial charge in [-0.3, -0.25) is 4.98 Å². The zero-order chi connectivity index (χ0) is 20.2. The molecular weight excluding hydrogens is 380 g/mol. The zero-order valence-corrected chi connectivity index (χ0v) is 16.7. The third kappa shape index (κ3) is 4.27. The predicted molar refractivity (Wildman–Crippen MR) is 116 cm³/mol. The number of pyridine rings is 2. The van der Waals surface area contributed by atoms with Gasteiger partial charge in [-0.1, -0.05) is 41.9 Å². The van der Waals surface area contributed by atoms with Gasteiger partial charge in [0, 0.05) is 34.8 Å². The Kier molecular flexibility index (Phi) is 5.53. The second kappa shape index (κ2) is 8.40. The first-order valence-electron chi connectivity index (χ1n) is 9.38. The fourth-order valence-electron chi connectivity index (χ4n) is 3.30. The minimum absolute atomic E-state index is 0.0451. The number of benzene rings is 2. The molecule has 0 aliphatic carbocycles. The van der Waals surface area contributed by atoms with E-state index in [-0.39, 0.29) is 6.04 Å². The molecule has 0 radical (unpaired) electrons. The number of halogens is 1. The van der Waals surface area contributed by atoms with E-state index < -0.39 is 0 Å². The summed E-state index contributed by atoms with van der Waals surface area (Å²) in [4.78, 5) is 9.09. The molecule has 0 spiro atoms. The number of fused-ring (bicyclic) bond motifs is 1. The summed E-state index contributed by atoms with van der Waals surface area (Å²) in [6, 6.07) is 23.8. The Labute approximate surface area is 174 Å². The van der Waals surface area contributed by atoms with Crippen LogP contribution in [-0.4, -0.2) is 9.97 Å².